The van der Waals surface area contributed by atoms with Gasteiger partial charge in [-0.15, -0.1) is 0 Å². The first-order valence-corrected chi connectivity index (χ1v) is 3.61. The quantitative estimate of drug-likeness (QED) is 0.625. The molecule has 0 aliphatic carbocycles. The van der Waals surface area contributed by atoms with Gasteiger partial charge in [0.05, 0.1) is 6.07 Å². The lowest BCUT2D eigenvalue weighted by molar-refractivity contribution is 1.00. The predicted octanol–water partition coefficient (Wildman–Crippen LogP) is 2.32. The summed E-state index contributed by atoms with van der Waals surface area (Å²) >= 11 is 0. The second kappa shape index (κ2) is 3.78. The Bertz CT molecular complexity index is 270. The SMILES string of the molecule is [CH2]c1ccccc1CCC#N. The Kier molecular flexibility index (Phi) is 2.68. The van der Waals surface area contributed by atoms with Crippen LogP contribution in [0.2, 0.25) is 0 Å². The van der Waals surface area contributed by atoms with E-state index in [4.69, 9.17) is 5.26 Å². The molecular weight excluding hydrogens is 134 g/mol. The number of nitrogens with zero attached hydrogens (tertiary/aromatic N) is 1. The van der Waals surface area contributed by atoms with Crippen molar-refractivity contribution in [3.63, 3.8) is 0 Å². The summed E-state index contributed by atoms with van der Waals surface area (Å²) in [4.78, 5) is 0. The number of benzene rings is 1. The van der Waals surface area contributed by atoms with Crippen LogP contribution in [0.1, 0.15) is 17.5 Å². The Balaban J connectivity index is 2.71. The molecule has 0 bridgehead atoms. The van der Waals surface area contributed by atoms with Gasteiger partial charge in [0, 0.05) is 6.42 Å². The van der Waals surface area contributed by atoms with Crippen LogP contribution in [0.4, 0.5) is 0 Å². The zero-order valence-corrected chi connectivity index (χ0v) is 6.38. The molecule has 0 N–H and O–H groups in total. The zero-order valence-electron chi connectivity index (χ0n) is 6.38. The molecule has 0 aromatic heterocycles. The minimum atomic E-state index is 0.576. The highest BCUT2D eigenvalue weighted by Crippen LogP contribution is 2.08. The van der Waals surface area contributed by atoms with Crippen LogP contribution in [0.15, 0.2) is 24.3 Å². The average Bonchev–Trinajstić information content (AvgIpc) is 2.03. The predicted molar refractivity (Wildman–Crippen MR) is 44.8 cm³/mol. The third-order valence-electron chi connectivity index (χ3n) is 1.62. The summed E-state index contributed by atoms with van der Waals surface area (Å²) in [5, 5.41) is 8.35. The summed E-state index contributed by atoms with van der Waals surface area (Å²) in [6, 6.07) is 10.0. The van der Waals surface area contributed by atoms with Gasteiger partial charge in [-0.2, -0.15) is 5.26 Å². The normalized spacial score (nSPS) is 9.09. The van der Waals surface area contributed by atoms with Crippen molar-refractivity contribution in [3.05, 3.63) is 42.3 Å². The standard InChI is InChI=1S/C10H10N/c1-9-5-2-3-6-10(9)7-4-8-11/h2-3,5-6H,1,4,7H2. The van der Waals surface area contributed by atoms with Crippen LogP contribution in [0.25, 0.3) is 0 Å². The molecule has 1 heteroatoms. The topological polar surface area (TPSA) is 23.8 Å². The van der Waals surface area contributed by atoms with Gasteiger partial charge in [-0.25, -0.2) is 0 Å². The van der Waals surface area contributed by atoms with Crippen molar-refractivity contribution in [1.29, 1.82) is 5.26 Å². The van der Waals surface area contributed by atoms with Crippen molar-refractivity contribution in [2.45, 2.75) is 12.8 Å². The first kappa shape index (κ1) is 7.81. The molecular formula is C10H10N. The first-order chi connectivity index (χ1) is 5.34. The van der Waals surface area contributed by atoms with E-state index in [1.165, 1.54) is 5.56 Å². The largest absolute Gasteiger partial charge is 0.198 e. The van der Waals surface area contributed by atoms with E-state index in [1.807, 2.05) is 24.3 Å². The highest BCUT2D eigenvalue weighted by atomic mass is 14.2. The average molecular weight is 144 g/mol. The molecule has 0 unspecified atom stereocenters. The number of nitriles is 1. The van der Waals surface area contributed by atoms with Crippen molar-refractivity contribution >= 4 is 0 Å². The molecule has 0 amide bonds. The molecule has 11 heavy (non-hydrogen) atoms. The number of hydrogen-bond donors (Lipinski definition) is 0. The number of rotatable bonds is 2. The van der Waals surface area contributed by atoms with Crippen molar-refractivity contribution in [3.8, 4) is 6.07 Å². The fourth-order valence-corrected chi connectivity index (χ4v) is 0.992. The van der Waals surface area contributed by atoms with Gasteiger partial charge in [0.2, 0.25) is 0 Å². The van der Waals surface area contributed by atoms with Gasteiger partial charge < -0.3 is 0 Å². The van der Waals surface area contributed by atoms with Crippen LogP contribution in [-0.4, -0.2) is 0 Å². The number of aryl methyl sites for hydroxylation is 1. The van der Waals surface area contributed by atoms with Crippen LogP contribution in [-0.2, 0) is 6.42 Å². The highest BCUT2D eigenvalue weighted by Gasteiger charge is 1.94. The van der Waals surface area contributed by atoms with E-state index >= 15 is 0 Å². The van der Waals surface area contributed by atoms with E-state index in [1.54, 1.807) is 0 Å². The minimum absolute atomic E-state index is 0.576. The van der Waals surface area contributed by atoms with Gasteiger partial charge in [0.1, 0.15) is 0 Å². The second-order valence-electron chi connectivity index (χ2n) is 2.43. The van der Waals surface area contributed by atoms with Gasteiger partial charge >= 0.3 is 0 Å². The van der Waals surface area contributed by atoms with E-state index in [2.05, 4.69) is 13.0 Å². The Hall–Kier alpha value is -1.29. The Morgan fingerprint density at radius 1 is 1.36 bits per heavy atom. The molecule has 1 rings (SSSR count). The van der Waals surface area contributed by atoms with Gasteiger partial charge in [-0.3, -0.25) is 0 Å². The van der Waals surface area contributed by atoms with Crippen molar-refractivity contribution in [2.24, 2.45) is 0 Å². The van der Waals surface area contributed by atoms with E-state index in [9.17, 15) is 0 Å². The van der Waals surface area contributed by atoms with Gasteiger partial charge in [0.15, 0.2) is 0 Å². The molecule has 55 valence electrons. The molecule has 0 fully saturated rings. The lowest BCUT2D eigenvalue weighted by Gasteiger charge is -2.00. The summed E-state index contributed by atoms with van der Waals surface area (Å²) in [7, 11) is 0. The molecule has 0 heterocycles. The molecule has 1 radical (unpaired) electrons. The molecule has 1 nitrogen and oxygen atoms in total. The Morgan fingerprint density at radius 3 is 2.73 bits per heavy atom. The first-order valence-electron chi connectivity index (χ1n) is 3.61. The Labute approximate surface area is 67.3 Å². The minimum Gasteiger partial charge on any atom is -0.198 e. The summed E-state index contributed by atoms with van der Waals surface area (Å²) < 4.78 is 0. The molecule has 0 spiro atoms. The monoisotopic (exact) mass is 144 g/mol. The zero-order chi connectivity index (χ0) is 8.10. The molecule has 0 aliphatic rings. The van der Waals surface area contributed by atoms with Crippen molar-refractivity contribution in [2.75, 3.05) is 0 Å². The van der Waals surface area contributed by atoms with E-state index in [0.29, 0.717) is 6.42 Å². The maximum atomic E-state index is 8.35. The third-order valence-corrected chi connectivity index (χ3v) is 1.62. The van der Waals surface area contributed by atoms with Gasteiger partial charge in [-0.05, 0) is 24.5 Å². The Morgan fingerprint density at radius 2 is 2.09 bits per heavy atom. The molecule has 0 saturated heterocycles. The maximum absolute atomic E-state index is 8.35. The fraction of sp³-hybridized carbons (Fsp3) is 0.200. The van der Waals surface area contributed by atoms with E-state index in [-0.39, 0.29) is 0 Å². The number of hydrogen-bond acceptors (Lipinski definition) is 1. The molecule has 0 aliphatic heterocycles. The molecule has 1 aromatic carbocycles. The van der Waals surface area contributed by atoms with Gasteiger partial charge in [-0.1, -0.05) is 24.3 Å². The highest BCUT2D eigenvalue weighted by molar-refractivity contribution is 5.29. The molecule has 0 saturated carbocycles. The van der Waals surface area contributed by atoms with Crippen LogP contribution < -0.4 is 0 Å². The van der Waals surface area contributed by atoms with Gasteiger partial charge in [0.25, 0.3) is 0 Å². The maximum Gasteiger partial charge on any atom is 0.0625 e. The van der Waals surface area contributed by atoms with E-state index < -0.39 is 0 Å². The van der Waals surface area contributed by atoms with Crippen LogP contribution >= 0.6 is 0 Å². The summed E-state index contributed by atoms with van der Waals surface area (Å²) in [6.07, 6.45) is 1.39. The van der Waals surface area contributed by atoms with E-state index in [0.717, 1.165) is 12.0 Å². The lowest BCUT2D eigenvalue weighted by atomic mass is 10.1. The molecule has 1 aromatic rings. The van der Waals surface area contributed by atoms with Crippen molar-refractivity contribution in [1.82, 2.24) is 0 Å². The van der Waals surface area contributed by atoms with Crippen LogP contribution in [0.5, 0.6) is 0 Å². The van der Waals surface area contributed by atoms with Crippen molar-refractivity contribution < 1.29 is 0 Å². The van der Waals surface area contributed by atoms with Crippen LogP contribution in [0.3, 0.4) is 0 Å². The molecule has 0 atom stereocenters. The second-order valence-corrected chi connectivity index (χ2v) is 2.43. The summed E-state index contributed by atoms with van der Waals surface area (Å²) in [5.74, 6) is 0. The van der Waals surface area contributed by atoms with Crippen LogP contribution in [0, 0.1) is 18.3 Å². The lowest BCUT2D eigenvalue weighted by Crippen LogP contribution is -1.86. The third kappa shape index (κ3) is 2.09. The summed E-state index contributed by atoms with van der Waals surface area (Å²) in [6.45, 7) is 3.86. The summed E-state index contributed by atoms with van der Waals surface area (Å²) in [5.41, 5.74) is 2.21. The fourth-order valence-electron chi connectivity index (χ4n) is 0.992. The smallest absolute Gasteiger partial charge is 0.0625 e.